The van der Waals surface area contributed by atoms with E-state index in [1.54, 1.807) is 14.0 Å². The van der Waals surface area contributed by atoms with E-state index in [9.17, 15) is 12.8 Å². The van der Waals surface area contributed by atoms with Crippen molar-refractivity contribution in [2.75, 3.05) is 13.6 Å². The van der Waals surface area contributed by atoms with Gasteiger partial charge in [-0.25, -0.2) is 17.1 Å². The summed E-state index contributed by atoms with van der Waals surface area (Å²) in [6.45, 7) is 2.08. The molecule has 0 N–H and O–H groups in total. The highest BCUT2D eigenvalue weighted by atomic mass is 35.5. The van der Waals surface area contributed by atoms with E-state index >= 15 is 0 Å². The second-order valence-corrected chi connectivity index (χ2v) is 8.10. The Kier molecular flexibility index (Phi) is 5.28. The molecule has 6 heteroatoms. The second-order valence-electron chi connectivity index (χ2n) is 5.78. The molecule has 0 amide bonds. The van der Waals surface area contributed by atoms with Crippen molar-refractivity contribution in [3.05, 3.63) is 29.1 Å². The molecule has 0 bridgehead atoms. The quantitative estimate of drug-likeness (QED) is 0.771. The molecule has 1 aliphatic carbocycles. The third-order valence-electron chi connectivity index (χ3n) is 4.15. The molecule has 0 saturated heterocycles. The molecule has 21 heavy (non-hydrogen) atoms. The van der Waals surface area contributed by atoms with E-state index < -0.39 is 15.8 Å². The normalized spacial score (nSPS) is 16.8. The van der Waals surface area contributed by atoms with Gasteiger partial charge >= 0.3 is 0 Å². The molecule has 1 aromatic carbocycles. The standard InChI is InChI=1S/C15H21ClFNO2S/c1-11-7-14(8-13(9-16)15(11)17)21(19,20)18(2)10-12-5-3-4-6-12/h7-8,12H,3-6,9-10H2,1-2H3. The number of sulfonamides is 1. The Bertz CT molecular complexity index is 612. The first kappa shape index (κ1) is 16.7. The van der Waals surface area contributed by atoms with Gasteiger partial charge in [0.2, 0.25) is 10.0 Å². The van der Waals surface area contributed by atoms with Gasteiger partial charge in [-0.15, -0.1) is 11.6 Å². The van der Waals surface area contributed by atoms with E-state index in [0.717, 1.165) is 12.8 Å². The molecular weight excluding hydrogens is 313 g/mol. The molecule has 0 atom stereocenters. The highest BCUT2D eigenvalue weighted by Crippen LogP contribution is 2.28. The lowest BCUT2D eigenvalue weighted by Crippen LogP contribution is -2.31. The fourth-order valence-electron chi connectivity index (χ4n) is 2.89. The van der Waals surface area contributed by atoms with Crippen molar-refractivity contribution >= 4 is 21.6 Å². The van der Waals surface area contributed by atoms with Crippen LogP contribution >= 0.6 is 11.6 Å². The van der Waals surface area contributed by atoms with Crippen LogP contribution in [-0.2, 0) is 15.9 Å². The van der Waals surface area contributed by atoms with Gasteiger partial charge in [-0.05, 0) is 43.4 Å². The second kappa shape index (κ2) is 6.63. The lowest BCUT2D eigenvalue weighted by molar-refractivity contribution is 0.387. The van der Waals surface area contributed by atoms with Crippen molar-refractivity contribution in [2.24, 2.45) is 5.92 Å². The van der Waals surface area contributed by atoms with Gasteiger partial charge in [0.05, 0.1) is 10.8 Å². The third-order valence-corrected chi connectivity index (χ3v) is 6.23. The molecule has 1 aliphatic rings. The number of alkyl halides is 1. The summed E-state index contributed by atoms with van der Waals surface area (Å²) >= 11 is 5.69. The summed E-state index contributed by atoms with van der Waals surface area (Å²) in [6, 6.07) is 2.72. The number of aryl methyl sites for hydroxylation is 1. The highest BCUT2D eigenvalue weighted by molar-refractivity contribution is 7.89. The van der Waals surface area contributed by atoms with Crippen LogP contribution in [0.2, 0.25) is 0 Å². The zero-order valence-electron chi connectivity index (χ0n) is 12.4. The first-order valence-corrected chi connectivity index (χ1v) is 9.15. The maximum atomic E-state index is 13.8. The van der Waals surface area contributed by atoms with Crippen molar-refractivity contribution in [1.29, 1.82) is 0 Å². The van der Waals surface area contributed by atoms with E-state index in [0.29, 0.717) is 18.0 Å². The molecule has 1 fully saturated rings. The molecule has 0 radical (unpaired) electrons. The summed E-state index contributed by atoms with van der Waals surface area (Å²) < 4.78 is 40.4. The number of benzene rings is 1. The van der Waals surface area contributed by atoms with Gasteiger partial charge in [-0.1, -0.05) is 12.8 Å². The fraction of sp³-hybridized carbons (Fsp3) is 0.600. The van der Waals surface area contributed by atoms with Gasteiger partial charge in [0.25, 0.3) is 0 Å². The van der Waals surface area contributed by atoms with E-state index in [4.69, 9.17) is 11.6 Å². The summed E-state index contributed by atoms with van der Waals surface area (Å²) in [4.78, 5) is 0.123. The first-order chi connectivity index (χ1) is 9.86. The summed E-state index contributed by atoms with van der Waals surface area (Å²) in [5, 5.41) is 0. The SMILES string of the molecule is Cc1cc(S(=O)(=O)N(C)CC2CCCC2)cc(CCl)c1F. The van der Waals surface area contributed by atoms with Gasteiger partial charge in [0.1, 0.15) is 5.82 Å². The minimum atomic E-state index is -3.59. The average molecular weight is 334 g/mol. The number of halogens is 2. The lowest BCUT2D eigenvalue weighted by atomic mass is 10.1. The van der Waals surface area contributed by atoms with Crippen LogP contribution in [0.25, 0.3) is 0 Å². The summed E-state index contributed by atoms with van der Waals surface area (Å²) in [7, 11) is -2.00. The van der Waals surface area contributed by atoms with Crippen LogP contribution in [0.4, 0.5) is 4.39 Å². The minimum Gasteiger partial charge on any atom is -0.207 e. The maximum Gasteiger partial charge on any atom is 0.242 e. The van der Waals surface area contributed by atoms with Gasteiger partial charge in [-0.3, -0.25) is 0 Å². The monoisotopic (exact) mass is 333 g/mol. The van der Waals surface area contributed by atoms with Gasteiger partial charge in [0, 0.05) is 19.2 Å². The molecule has 1 saturated carbocycles. The lowest BCUT2D eigenvalue weighted by Gasteiger charge is -2.21. The topological polar surface area (TPSA) is 37.4 Å². The van der Waals surface area contributed by atoms with Crippen LogP contribution in [0.3, 0.4) is 0 Å². The first-order valence-electron chi connectivity index (χ1n) is 7.17. The van der Waals surface area contributed by atoms with Crippen LogP contribution in [-0.4, -0.2) is 26.3 Å². The van der Waals surface area contributed by atoms with Crippen LogP contribution in [0.15, 0.2) is 17.0 Å². The predicted molar refractivity (Wildman–Crippen MR) is 82.5 cm³/mol. The molecule has 1 aromatic rings. The molecule has 0 heterocycles. The van der Waals surface area contributed by atoms with Crippen molar-refractivity contribution in [3.8, 4) is 0 Å². The van der Waals surface area contributed by atoms with Crippen molar-refractivity contribution in [1.82, 2.24) is 4.31 Å². The fourth-order valence-corrected chi connectivity index (χ4v) is 4.47. The van der Waals surface area contributed by atoms with Crippen molar-refractivity contribution in [2.45, 2.75) is 43.4 Å². The number of hydrogen-bond acceptors (Lipinski definition) is 2. The van der Waals surface area contributed by atoms with E-state index in [-0.39, 0.29) is 16.3 Å². The van der Waals surface area contributed by atoms with Crippen LogP contribution in [0, 0.1) is 18.7 Å². The Morgan fingerprint density at radius 3 is 2.52 bits per heavy atom. The van der Waals surface area contributed by atoms with Crippen molar-refractivity contribution < 1.29 is 12.8 Å². The Hall–Kier alpha value is -0.650. The Labute approximate surface area is 131 Å². The molecular formula is C15H21ClFNO2S. The summed E-state index contributed by atoms with van der Waals surface area (Å²) in [5.74, 6) is -0.0382. The number of hydrogen-bond donors (Lipinski definition) is 0. The van der Waals surface area contributed by atoms with Gasteiger partial charge in [0.15, 0.2) is 0 Å². The zero-order valence-corrected chi connectivity index (χ0v) is 14.0. The van der Waals surface area contributed by atoms with Crippen LogP contribution < -0.4 is 0 Å². The smallest absolute Gasteiger partial charge is 0.207 e. The molecule has 0 spiro atoms. The van der Waals surface area contributed by atoms with Crippen LogP contribution in [0.1, 0.15) is 36.8 Å². The molecule has 2 rings (SSSR count). The Morgan fingerprint density at radius 2 is 1.95 bits per heavy atom. The van der Waals surface area contributed by atoms with Crippen LogP contribution in [0.5, 0.6) is 0 Å². The van der Waals surface area contributed by atoms with Gasteiger partial charge in [-0.2, -0.15) is 0 Å². The maximum absolute atomic E-state index is 13.8. The predicted octanol–water partition coefficient (Wildman–Crippen LogP) is 3.68. The average Bonchev–Trinajstić information content (AvgIpc) is 2.94. The molecule has 3 nitrogen and oxygen atoms in total. The molecule has 0 aliphatic heterocycles. The Morgan fingerprint density at radius 1 is 1.33 bits per heavy atom. The highest BCUT2D eigenvalue weighted by Gasteiger charge is 2.26. The molecule has 118 valence electrons. The number of nitrogens with zero attached hydrogens (tertiary/aromatic N) is 1. The largest absolute Gasteiger partial charge is 0.242 e. The van der Waals surface area contributed by atoms with E-state index in [2.05, 4.69) is 0 Å². The molecule has 0 unspecified atom stereocenters. The molecule has 0 aromatic heterocycles. The van der Waals surface area contributed by atoms with E-state index in [1.165, 1.54) is 29.3 Å². The summed E-state index contributed by atoms with van der Waals surface area (Å²) in [5.41, 5.74) is 0.533. The van der Waals surface area contributed by atoms with E-state index in [1.807, 2.05) is 0 Å². The Balaban J connectivity index is 2.27. The number of rotatable bonds is 5. The summed E-state index contributed by atoms with van der Waals surface area (Å²) in [6.07, 6.45) is 4.50. The van der Waals surface area contributed by atoms with Gasteiger partial charge < -0.3 is 0 Å². The zero-order chi connectivity index (χ0) is 15.6. The minimum absolute atomic E-state index is 0.0393. The third kappa shape index (κ3) is 3.58. The van der Waals surface area contributed by atoms with Crippen molar-refractivity contribution in [3.63, 3.8) is 0 Å².